The van der Waals surface area contributed by atoms with Crippen LogP contribution in [0.15, 0.2) is 144 Å². The number of fused-ring (bicyclic) bond motifs is 4. The summed E-state index contributed by atoms with van der Waals surface area (Å²) in [6.07, 6.45) is 8.14. The van der Waals surface area contributed by atoms with Crippen LogP contribution in [0, 0.1) is 0 Å². The lowest BCUT2D eigenvalue weighted by Gasteiger charge is -2.29. The van der Waals surface area contributed by atoms with Crippen molar-refractivity contribution in [3.63, 3.8) is 0 Å². The zero-order valence-electron chi connectivity index (χ0n) is 29.9. The SMILES string of the molecule is O=C1Cc2cc3c(cc2CN1Cc1ccccc1)C(c1ccncc1)=NC3.O=C1Cc2cc3c(cc2CN1Cc1ccccc1)C(c1ccncc1)=NC3. The van der Waals surface area contributed by atoms with Crippen LogP contribution in [0.2, 0.25) is 0 Å². The lowest BCUT2D eigenvalue weighted by Crippen LogP contribution is -2.35. The van der Waals surface area contributed by atoms with Gasteiger partial charge in [-0.1, -0.05) is 72.8 Å². The lowest BCUT2D eigenvalue weighted by molar-refractivity contribution is -0.133. The molecule has 8 nitrogen and oxygen atoms in total. The van der Waals surface area contributed by atoms with Crippen molar-refractivity contribution >= 4 is 23.2 Å². The molecule has 4 aliphatic rings. The topological polar surface area (TPSA) is 91.1 Å². The predicted molar refractivity (Wildman–Crippen MR) is 209 cm³/mol. The quantitative estimate of drug-likeness (QED) is 0.186. The van der Waals surface area contributed by atoms with Gasteiger partial charge in [-0.05, 0) is 80.9 Å². The van der Waals surface area contributed by atoms with Gasteiger partial charge < -0.3 is 9.80 Å². The predicted octanol–water partition coefficient (Wildman–Crippen LogP) is 7.04. The van der Waals surface area contributed by atoms with Gasteiger partial charge in [-0.15, -0.1) is 0 Å². The first-order chi connectivity index (χ1) is 26.6. The number of aromatic nitrogens is 2. The normalized spacial score (nSPS) is 15.3. The van der Waals surface area contributed by atoms with Crippen molar-refractivity contribution in [2.45, 2.75) is 52.1 Å². The van der Waals surface area contributed by atoms with Gasteiger partial charge in [0.25, 0.3) is 0 Å². The van der Waals surface area contributed by atoms with E-state index in [4.69, 9.17) is 9.98 Å². The monoisotopic (exact) mass is 706 g/mol. The third-order valence-corrected chi connectivity index (χ3v) is 10.6. The second-order valence-electron chi connectivity index (χ2n) is 14.2. The summed E-state index contributed by atoms with van der Waals surface area (Å²) in [7, 11) is 0. The molecule has 0 radical (unpaired) electrons. The van der Waals surface area contributed by atoms with Crippen LogP contribution in [0.25, 0.3) is 0 Å². The van der Waals surface area contributed by atoms with E-state index in [1.165, 1.54) is 33.4 Å². The molecule has 0 saturated carbocycles. The fourth-order valence-electron chi connectivity index (χ4n) is 7.85. The van der Waals surface area contributed by atoms with Gasteiger partial charge in [-0.2, -0.15) is 0 Å². The van der Waals surface area contributed by atoms with E-state index >= 15 is 0 Å². The highest BCUT2D eigenvalue weighted by molar-refractivity contribution is 6.16. The average molecular weight is 707 g/mol. The second kappa shape index (κ2) is 14.5. The zero-order chi connectivity index (χ0) is 36.4. The third-order valence-electron chi connectivity index (χ3n) is 10.6. The molecule has 4 aromatic carbocycles. The number of hydrogen-bond donors (Lipinski definition) is 0. The van der Waals surface area contributed by atoms with E-state index in [9.17, 15) is 9.59 Å². The first-order valence-corrected chi connectivity index (χ1v) is 18.4. The van der Waals surface area contributed by atoms with Crippen LogP contribution in [0.5, 0.6) is 0 Å². The number of pyridine rings is 2. The molecule has 0 saturated heterocycles. The van der Waals surface area contributed by atoms with Gasteiger partial charge in [0, 0.05) is 73.2 Å². The molecule has 6 aromatic rings. The fraction of sp³-hybridized carbons (Fsp3) is 0.174. The highest BCUT2D eigenvalue weighted by Crippen LogP contribution is 2.32. The van der Waals surface area contributed by atoms with E-state index in [1.807, 2.05) is 70.5 Å². The van der Waals surface area contributed by atoms with Crippen LogP contribution in [0.1, 0.15) is 66.8 Å². The number of aliphatic imine (C=N–C) groups is 2. The van der Waals surface area contributed by atoms with Crippen LogP contribution < -0.4 is 0 Å². The van der Waals surface area contributed by atoms with Gasteiger partial charge in [0.15, 0.2) is 0 Å². The molecule has 54 heavy (non-hydrogen) atoms. The summed E-state index contributed by atoms with van der Waals surface area (Å²) in [4.78, 5) is 46.9. The minimum atomic E-state index is 0.194. The first kappa shape index (κ1) is 33.3. The summed E-state index contributed by atoms with van der Waals surface area (Å²) in [5.41, 5.74) is 16.1. The molecule has 8 heteroatoms. The number of carbonyl (C=O) groups excluding carboxylic acids is 2. The molecule has 0 spiro atoms. The lowest BCUT2D eigenvalue weighted by atomic mass is 9.91. The van der Waals surface area contributed by atoms with E-state index in [2.05, 4.69) is 58.5 Å². The minimum absolute atomic E-state index is 0.194. The van der Waals surface area contributed by atoms with Crippen molar-refractivity contribution in [1.29, 1.82) is 0 Å². The van der Waals surface area contributed by atoms with Gasteiger partial charge in [-0.25, -0.2) is 0 Å². The molecule has 0 aliphatic carbocycles. The molecule has 4 aliphatic heterocycles. The van der Waals surface area contributed by atoms with Crippen molar-refractivity contribution in [2.75, 3.05) is 0 Å². The van der Waals surface area contributed by atoms with Crippen molar-refractivity contribution in [3.05, 3.63) is 201 Å². The van der Waals surface area contributed by atoms with Gasteiger partial charge in [0.2, 0.25) is 11.8 Å². The maximum atomic E-state index is 12.6. The maximum Gasteiger partial charge on any atom is 0.227 e. The molecule has 2 amide bonds. The molecule has 6 heterocycles. The van der Waals surface area contributed by atoms with Crippen molar-refractivity contribution in [2.24, 2.45) is 9.98 Å². The van der Waals surface area contributed by atoms with Gasteiger partial charge in [-0.3, -0.25) is 29.5 Å². The Morgan fingerprint density at radius 1 is 0.463 bits per heavy atom. The summed E-state index contributed by atoms with van der Waals surface area (Å²) < 4.78 is 0. The zero-order valence-corrected chi connectivity index (χ0v) is 29.9. The molecule has 0 bridgehead atoms. The molecule has 2 aromatic heterocycles. The Hall–Kier alpha value is -6.54. The summed E-state index contributed by atoms with van der Waals surface area (Å²) >= 11 is 0. The van der Waals surface area contributed by atoms with Crippen LogP contribution in [0.3, 0.4) is 0 Å². The minimum Gasteiger partial charge on any atom is -0.334 e. The molecule has 0 atom stereocenters. The Balaban J connectivity index is 0.000000142. The number of nitrogens with zero attached hydrogens (tertiary/aromatic N) is 6. The van der Waals surface area contributed by atoms with Crippen LogP contribution in [-0.2, 0) is 61.7 Å². The number of carbonyl (C=O) groups is 2. The third kappa shape index (κ3) is 6.74. The summed E-state index contributed by atoms with van der Waals surface area (Å²) in [6, 6.07) is 37.2. The molecule has 264 valence electrons. The van der Waals surface area contributed by atoms with Gasteiger partial charge >= 0.3 is 0 Å². The smallest absolute Gasteiger partial charge is 0.227 e. The highest BCUT2D eigenvalue weighted by Gasteiger charge is 2.29. The Bertz CT molecular complexity index is 2260. The largest absolute Gasteiger partial charge is 0.334 e. The van der Waals surface area contributed by atoms with Gasteiger partial charge in [0.05, 0.1) is 37.4 Å². The van der Waals surface area contributed by atoms with Crippen LogP contribution in [0.4, 0.5) is 0 Å². The molecule has 10 rings (SSSR count). The maximum absolute atomic E-state index is 12.6. The van der Waals surface area contributed by atoms with Crippen molar-refractivity contribution in [1.82, 2.24) is 19.8 Å². The van der Waals surface area contributed by atoms with Crippen molar-refractivity contribution in [3.8, 4) is 0 Å². The molecular formula is C46H38N6O2. The van der Waals surface area contributed by atoms with Crippen LogP contribution in [-0.4, -0.2) is 43.0 Å². The van der Waals surface area contributed by atoms with E-state index in [0.29, 0.717) is 52.1 Å². The Morgan fingerprint density at radius 2 is 0.870 bits per heavy atom. The number of hydrogen-bond acceptors (Lipinski definition) is 6. The van der Waals surface area contributed by atoms with Crippen molar-refractivity contribution < 1.29 is 9.59 Å². The van der Waals surface area contributed by atoms with Crippen LogP contribution >= 0.6 is 0 Å². The standard InChI is InChI=1S/2C23H19N3O/c2*27-22-12-18-10-19-13-25-23(17-6-8-24-9-7-17)21(19)11-20(18)15-26(22)14-16-4-2-1-3-5-16/h2*1-11H,12-15H2. The second-order valence-corrected chi connectivity index (χ2v) is 14.2. The molecule has 0 unspecified atom stereocenters. The summed E-state index contributed by atoms with van der Waals surface area (Å²) in [6.45, 7) is 3.98. The Labute approximate surface area is 314 Å². The Morgan fingerprint density at radius 3 is 1.28 bits per heavy atom. The summed E-state index contributed by atoms with van der Waals surface area (Å²) in [5, 5.41) is 0. The number of benzene rings is 4. The molecular weight excluding hydrogens is 669 g/mol. The molecule has 0 fully saturated rings. The van der Waals surface area contributed by atoms with E-state index in [0.717, 1.165) is 44.8 Å². The fourth-order valence-corrected chi connectivity index (χ4v) is 7.85. The molecule has 0 N–H and O–H groups in total. The first-order valence-electron chi connectivity index (χ1n) is 18.4. The number of rotatable bonds is 6. The number of amides is 2. The highest BCUT2D eigenvalue weighted by atomic mass is 16.2. The van der Waals surface area contributed by atoms with Gasteiger partial charge in [0.1, 0.15) is 0 Å². The Kier molecular flexibility index (Phi) is 8.92. The summed E-state index contributed by atoms with van der Waals surface area (Å²) in [5.74, 6) is 0.388. The van der Waals surface area contributed by atoms with E-state index in [-0.39, 0.29) is 11.8 Å². The van der Waals surface area contributed by atoms with E-state index < -0.39 is 0 Å². The average Bonchev–Trinajstić information content (AvgIpc) is 3.82. The van der Waals surface area contributed by atoms with E-state index in [1.54, 1.807) is 24.8 Å².